The number of rotatable bonds is 7. The van der Waals surface area contributed by atoms with Gasteiger partial charge in [-0.1, -0.05) is 0 Å². The van der Waals surface area contributed by atoms with Crippen LogP contribution in [-0.4, -0.2) is 41.2 Å². The molecule has 0 saturated carbocycles. The minimum Gasteiger partial charge on any atom is -0.444 e. The third-order valence-electron chi connectivity index (χ3n) is 2.98. The van der Waals surface area contributed by atoms with Gasteiger partial charge in [-0.3, -0.25) is 0 Å². The van der Waals surface area contributed by atoms with Crippen molar-refractivity contribution >= 4 is 6.09 Å². The number of aliphatic hydroxyl groups excluding tert-OH is 2. The molecule has 6 nitrogen and oxygen atoms in total. The number of benzene rings is 1. The Morgan fingerprint density at radius 3 is 2.48 bits per heavy atom. The summed E-state index contributed by atoms with van der Waals surface area (Å²) in [7, 11) is 0. The van der Waals surface area contributed by atoms with E-state index in [-0.39, 0.29) is 18.5 Å². The van der Waals surface area contributed by atoms with Crippen molar-refractivity contribution in [1.82, 2.24) is 5.32 Å². The number of amides is 1. The van der Waals surface area contributed by atoms with Crippen LogP contribution < -0.4 is 10.1 Å². The molecule has 1 aromatic carbocycles. The summed E-state index contributed by atoms with van der Waals surface area (Å²) in [6.45, 7) is 1.82. The van der Waals surface area contributed by atoms with E-state index in [0.717, 1.165) is 12.1 Å². The van der Waals surface area contributed by atoms with Crippen LogP contribution in [-0.2, 0) is 4.74 Å². The molecule has 3 N–H and O–H groups in total. The predicted octanol–water partition coefficient (Wildman–Crippen LogP) is 2.74. The summed E-state index contributed by atoms with van der Waals surface area (Å²) in [6.07, 6.45) is -3.79. The lowest BCUT2D eigenvalue weighted by molar-refractivity contribution is -0.0542. The highest BCUT2D eigenvalue weighted by atomic mass is 19.3. The maximum absolute atomic E-state index is 13.2. The van der Waals surface area contributed by atoms with Gasteiger partial charge in [0.15, 0.2) is 0 Å². The van der Waals surface area contributed by atoms with Crippen LogP contribution in [0.5, 0.6) is 5.75 Å². The van der Waals surface area contributed by atoms with E-state index < -0.39 is 42.1 Å². The molecule has 25 heavy (non-hydrogen) atoms. The number of hydrogen-bond acceptors (Lipinski definition) is 5. The Morgan fingerprint density at radius 2 is 1.92 bits per heavy atom. The van der Waals surface area contributed by atoms with Crippen LogP contribution in [0.2, 0.25) is 0 Å². The van der Waals surface area contributed by atoms with E-state index in [1.807, 2.05) is 0 Å². The lowest BCUT2D eigenvalue weighted by Crippen LogP contribution is -2.34. The molecule has 0 aromatic heterocycles. The van der Waals surface area contributed by atoms with E-state index in [9.17, 15) is 28.2 Å². The molecule has 0 radical (unpaired) electrons. The van der Waals surface area contributed by atoms with E-state index in [0.29, 0.717) is 6.07 Å². The van der Waals surface area contributed by atoms with Crippen LogP contribution >= 0.6 is 0 Å². The monoisotopic (exact) mass is 365 g/mol. The fraction of sp³-hybridized carbons (Fsp3) is 0.562. The van der Waals surface area contributed by atoms with Crippen molar-refractivity contribution in [3.8, 4) is 5.75 Å². The number of hydrogen-bond donors (Lipinski definition) is 3. The highest BCUT2D eigenvalue weighted by Crippen LogP contribution is 2.30. The fourth-order valence-electron chi connectivity index (χ4n) is 1.95. The molecular weight excluding hydrogens is 343 g/mol. The topological polar surface area (TPSA) is 88.0 Å². The Morgan fingerprint density at radius 1 is 1.28 bits per heavy atom. The van der Waals surface area contributed by atoms with Gasteiger partial charge in [-0.05, 0) is 39.3 Å². The van der Waals surface area contributed by atoms with Crippen molar-refractivity contribution in [2.45, 2.75) is 51.6 Å². The molecule has 0 heterocycles. The minimum atomic E-state index is -3.21. The van der Waals surface area contributed by atoms with E-state index in [1.165, 1.54) is 0 Å². The van der Waals surface area contributed by atoms with E-state index in [2.05, 4.69) is 10.1 Å². The molecule has 0 aliphatic rings. The molecule has 0 aliphatic carbocycles. The number of halogens is 3. The number of carbonyl (C=O) groups is 1. The van der Waals surface area contributed by atoms with Gasteiger partial charge >= 0.3 is 12.7 Å². The number of alkyl carbamates (subject to hydrolysis) is 1. The van der Waals surface area contributed by atoms with Crippen LogP contribution in [0.4, 0.5) is 18.0 Å². The normalized spacial score (nSPS) is 14.1. The molecule has 0 spiro atoms. The zero-order valence-electron chi connectivity index (χ0n) is 14.1. The molecule has 1 rings (SSSR count). The maximum atomic E-state index is 13.2. The quantitative estimate of drug-likeness (QED) is 0.692. The number of ether oxygens (including phenoxy) is 2. The van der Waals surface area contributed by atoms with Gasteiger partial charge in [0, 0.05) is 18.2 Å². The van der Waals surface area contributed by atoms with Crippen molar-refractivity contribution in [3.63, 3.8) is 0 Å². The zero-order chi connectivity index (χ0) is 19.2. The second-order valence-corrected chi connectivity index (χ2v) is 6.29. The average molecular weight is 365 g/mol. The molecule has 0 fully saturated rings. The minimum absolute atomic E-state index is 0.0284. The molecule has 9 heteroatoms. The van der Waals surface area contributed by atoms with Gasteiger partial charge in [-0.15, -0.1) is 0 Å². The van der Waals surface area contributed by atoms with E-state index in [4.69, 9.17) is 4.74 Å². The van der Waals surface area contributed by atoms with Crippen LogP contribution in [0.3, 0.4) is 0 Å². The van der Waals surface area contributed by atoms with Gasteiger partial charge in [-0.25, -0.2) is 9.18 Å². The predicted molar refractivity (Wildman–Crippen MR) is 82.9 cm³/mol. The highest BCUT2D eigenvalue weighted by molar-refractivity contribution is 5.67. The second-order valence-electron chi connectivity index (χ2n) is 6.29. The average Bonchev–Trinajstić information content (AvgIpc) is 2.44. The first kappa shape index (κ1) is 21.0. The van der Waals surface area contributed by atoms with Crippen LogP contribution in [0.15, 0.2) is 18.2 Å². The zero-order valence-corrected chi connectivity index (χ0v) is 14.1. The van der Waals surface area contributed by atoms with Crippen LogP contribution in [0.25, 0.3) is 0 Å². The van der Waals surface area contributed by atoms with Crippen LogP contribution in [0, 0.1) is 5.82 Å². The van der Waals surface area contributed by atoms with Crippen molar-refractivity contribution in [2.75, 3.05) is 6.54 Å². The SMILES string of the molecule is CC(C)(C)OC(=O)NCCC(O)C(O)c1ccc(F)cc1OC(F)F. The van der Waals surface area contributed by atoms with Crippen molar-refractivity contribution in [3.05, 3.63) is 29.6 Å². The summed E-state index contributed by atoms with van der Waals surface area (Å²) < 4.78 is 47.1. The molecule has 0 saturated heterocycles. The molecule has 2 atom stereocenters. The van der Waals surface area contributed by atoms with Crippen molar-refractivity contribution in [2.24, 2.45) is 0 Å². The third-order valence-corrected chi connectivity index (χ3v) is 2.98. The summed E-state index contributed by atoms with van der Waals surface area (Å²) in [6, 6.07) is 2.68. The Bertz CT molecular complexity index is 577. The first-order valence-electron chi connectivity index (χ1n) is 7.57. The number of carbonyl (C=O) groups excluding carboxylic acids is 1. The molecule has 0 aliphatic heterocycles. The smallest absolute Gasteiger partial charge is 0.407 e. The first-order valence-corrected chi connectivity index (χ1v) is 7.57. The number of nitrogens with one attached hydrogen (secondary N) is 1. The number of alkyl halides is 2. The largest absolute Gasteiger partial charge is 0.444 e. The molecular formula is C16H22F3NO5. The molecule has 142 valence electrons. The Labute approximate surface area is 143 Å². The maximum Gasteiger partial charge on any atom is 0.407 e. The number of aliphatic hydroxyl groups is 2. The molecule has 1 aromatic rings. The van der Waals surface area contributed by atoms with Gasteiger partial charge < -0.3 is 25.0 Å². The van der Waals surface area contributed by atoms with Gasteiger partial charge in [0.1, 0.15) is 23.3 Å². The Hall–Kier alpha value is -2.00. The summed E-state index contributed by atoms with van der Waals surface area (Å²) in [4.78, 5) is 11.5. The molecule has 2 unspecified atom stereocenters. The summed E-state index contributed by atoms with van der Waals surface area (Å²) >= 11 is 0. The fourth-order valence-corrected chi connectivity index (χ4v) is 1.95. The Balaban J connectivity index is 2.64. The standard InChI is InChI=1S/C16H22F3NO5/c1-16(2,3)25-15(23)20-7-6-11(21)13(22)10-5-4-9(17)8-12(10)24-14(18)19/h4-5,8,11,13-14,21-22H,6-7H2,1-3H3,(H,20,23). The molecule has 0 bridgehead atoms. The highest BCUT2D eigenvalue weighted by Gasteiger charge is 2.24. The van der Waals surface area contributed by atoms with E-state index >= 15 is 0 Å². The van der Waals surface area contributed by atoms with Crippen molar-refractivity contribution in [1.29, 1.82) is 0 Å². The van der Waals surface area contributed by atoms with Crippen LogP contribution in [0.1, 0.15) is 38.9 Å². The summed E-state index contributed by atoms with van der Waals surface area (Å²) in [5.74, 6) is -1.39. The summed E-state index contributed by atoms with van der Waals surface area (Å²) in [5.41, 5.74) is -0.871. The van der Waals surface area contributed by atoms with Crippen molar-refractivity contribution < 1.29 is 37.7 Å². The first-order chi connectivity index (χ1) is 11.5. The summed E-state index contributed by atoms with van der Waals surface area (Å²) in [5, 5.41) is 22.4. The lowest BCUT2D eigenvalue weighted by atomic mass is 10.0. The Kier molecular flexibility index (Phi) is 7.50. The van der Waals surface area contributed by atoms with E-state index in [1.54, 1.807) is 20.8 Å². The van der Waals surface area contributed by atoms with Gasteiger partial charge in [0.05, 0.1) is 6.10 Å². The third kappa shape index (κ3) is 7.61. The van der Waals surface area contributed by atoms with Gasteiger partial charge in [0.2, 0.25) is 0 Å². The van der Waals surface area contributed by atoms with Gasteiger partial charge in [0.25, 0.3) is 0 Å². The van der Waals surface area contributed by atoms with Gasteiger partial charge in [-0.2, -0.15) is 8.78 Å². The molecule has 1 amide bonds. The lowest BCUT2D eigenvalue weighted by Gasteiger charge is -2.22. The second kappa shape index (κ2) is 8.91.